The number of hydrogen-bond donors (Lipinski definition) is 0. The maximum absolute atomic E-state index is 11.2. The van der Waals surface area contributed by atoms with Gasteiger partial charge in [0.15, 0.2) is 0 Å². The van der Waals surface area contributed by atoms with E-state index in [2.05, 4.69) is 19.1 Å². The van der Waals surface area contributed by atoms with Crippen LogP contribution in [0.5, 0.6) is 0 Å². The van der Waals surface area contributed by atoms with E-state index in [0.29, 0.717) is 0 Å². The molecule has 0 aliphatic carbocycles. The van der Waals surface area contributed by atoms with Gasteiger partial charge in [-0.25, -0.2) is 0 Å². The molecule has 1 aromatic rings. The zero-order valence-corrected chi connectivity index (χ0v) is 11.7. The summed E-state index contributed by atoms with van der Waals surface area (Å²) < 4.78 is 5.97. The average molecular weight is 263 g/mol. The third-order valence-electron chi connectivity index (χ3n) is 3.44. The van der Waals surface area contributed by atoms with Crippen molar-refractivity contribution in [2.45, 2.75) is 52.0 Å². The van der Waals surface area contributed by atoms with E-state index in [1.807, 2.05) is 25.1 Å². The highest BCUT2D eigenvalue weighted by atomic mass is 16.7. The molecule has 0 unspecified atom stereocenters. The molecule has 104 valence electrons. The Morgan fingerprint density at radius 1 is 1.42 bits per heavy atom. The van der Waals surface area contributed by atoms with Crippen LogP contribution in [0.4, 0.5) is 0 Å². The Morgan fingerprint density at radius 3 is 2.68 bits per heavy atom. The van der Waals surface area contributed by atoms with Crippen LogP contribution in [0.1, 0.15) is 45.3 Å². The van der Waals surface area contributed by atoms with Gasteiger partial charge in [-0.2, -0.15) is 0 Å². The van der Waals surface area contributed by atoms with Gasteiger partial charge in [0.25, 0.3) is 0 Å². The maximum Gasteiger partial charge on any atom is 0.322 e. The summed E-state index contributed by atoms with van der Waals surface area (Å²) in [6.07, 6.45) is 1.59. The van der Waals surface area contributed by atoms with E-state index in [4.69, 9.17) is 9.57 Å². The fraction of sp³-hybridized carbons (Fsp3) is 0.533. The van der Waals surface area contributed by atoms with E-state index in [0.717, 1.165) is 12.8 Å². The van der Waals surface area contributed by atoms with Crippen molar-refractivity contribution >= 4 is 5.97 Å². The Kier molecular flexibility index (Phi) is 4.56. The lowest BCUT2D eigenvalue weighted by atomic mass is 9.98. The van der Waals surface area contributed by atoms with Crippen LogP contribution in [0.25, 0.3) is 0 Å². The predicted molar refractivity (Wildman–Crippen MR) is 72.0 cm³/mol. The SMILES string of the molecule is CC[C@H]1C[C@@H](c2ccccc2)O[C@@H](C)N1OC(C)=O. The van der Waals surface area contributed by atoms with Gasteiger partial charge in [0.05, 0.1) is 12.1 Å². The van der Waals surface area contributed by atoms with Crippen molar-refractivity contribution in [1.82, 2.24) is 5.06 Å². The molecule has 1 fully saturated rings. The minimum absolute atomic E-state index is 0.0629. The van der Waals surface area contributed by atoms with Gasteiger partial charge < -0.3 is 9.57 Å². The third kappa shape index (κ3) is 3.33. The fourth-order valence-electron chi connectivity index (χ4n) is 2.53. The molecule has 0 saturated carbocycles. The number of ether oxygens (including phenoxy) is 1. The van der Waals surface area contributed by atoms with Gasteiger partial charge in [-0.15, -0.1) is 5.06 Å². The summed E-state index contributed by atoms with van der Waals surface area (Å²) >= 11 is 0. The van der Waals surface area contributed by atoms with E-state index >= 15 is 0 Å². The average Bonchev–Trinajstić information content (AvgIpc) is 2.41. The van der Waals surface area contributed by atoms with Crippen LogP contribution < -0.4 is 0 Å². The lowest BCUT2D eigenvalue weighted by molar-refractivity contribution is -0.293. The van der Waals surface area contributed by atoms with Gasteiger partial charge >= 0.3 is 5.97 Å². The van der Waals surface area contributed by atoms with Crippen LogP contribution in [0.3, 0.4) is 0 Å². The van der Waals surface area contributed by atoms with Crippen molar-refractivity contribution in [2.75, 3.05) is 0 Å². The first-order chi connectivity index (χ1) is 9.11. The van der Waals surface area contributed by atoms with Gasteiger partial charge in [-0.05, 0) is 25.3 Å². The molecule has 1 aliphatic heterocycles. The van der Waals surface area contributed by atoms with Gasteiger partial charge in [-0.3, -0.25) is 4.79 Å². The van der Waals surface area contributed by atoms with Crippen molar-refractivity contribution in [2.24, 2.45) is 0 Å². The molecule has 0 N–H and O–H groups in total. The summed E-state index contributed by atoms with van der Waals surface area (Å²) in [6.45, 7) is 5.44. The van der Waals surface area contributed by atoms with Crippen molar-refractivity contribution < 1.29 is 14.4 Å². The van der Waals surface area contributed by atoms with Crippen molar-refractivity contribution in [1.29, 1.82) is 0 Å². The second kappa shape index (κ2) is 6.17. The highest BCUT2D eigenvalue weighted by molar-refractivity contribution is 5.65. The van der Waals surface area contributed by atoms with E-state index < -0.39 is 0 Å². The summed E-state index contributed by atoms with van der Waals surface area (Å²) in [6, 6.07) is 10.4. The van der Waals surface area contributed by atoms with Crippen LogP contribution in [-0.2, 0) is 14.4 Å². The molecule has 1 heterocycles. The molecule has 0 radical (unpaired) electrons. The number of carbonyl (C=O) groups excluding carboxylic acids is 1. The minimum Gasteiger partial charge on any atom is -0.365 e. The van der Waals surface area contributed by atoms with Crippen molar-refractivity contribution in [3.8, 4) is 0 Å². The van der Waals surface area contributed by atoms with Gasteiger partial charge in [-0.1, -0.05) is 37.3 Å². The largest absolute Gasteiger partial charge is 0.365 e. The molecule has 1 aliphatic rings. The van der Waals surface area contributed by atoms with Gasteiger partial charge in [0, 0.05) is 6.92 Å². The fourth-order valence-corrected chi connectivity index (χ4v) is 2.53. The van der Waals surface area contributed by atoms with Gasteiger partial charge in [0.2, 0.25) is 0 Å². The summed E-state index contributed by atoms with van der Waals surface area (Å²) in [4.78, 5) is 16.4. The number of carbonyl (C=O) groups is 1. The zero-order chi connectivity index (χ0) is 13.8. The van der Waals surface area contributed by atoms with Crippen molar-refractivity contribution in [3.05, 3.63) is 35.9 Å². The Balaban J connectivity index is 2.12. The molecular formula is C15H21NO3. The Hall–Kier alpha value is -1.39. The third-order valence-corrected chi connectivity index (χ3v) is 3.44. The van der Waals surface area contributed by atoms with Crippen LogP contribution in [0, 0.1) is 0 Å². The molecule has 0 aromatic heterocycles. The second-order valence-electron chi connectivity index (χ2n) is 4.88. The number of hydroxylamine groups is 2. The summed E-state index contributed by atoms with van der Waals surface area (Å²) in [5.41, 5.74) is 1.18. The Bertz CT molecular complexity index is 421. The molecule has 0 spiro atoms. The normalized spacial score (nSPS) is 28.1. The molecule has 19 heavy (non-hydrogen) atoms. The number of hydrogen-bond acceptors (Lipinski definition) is 4. The van der Waals surface area contributed by atoms with Crippen LogP contribution in [-0.4, -0.2) is 23.3 Å². The lowest BCUT2D eigenvalue weighted by Gasteiger charge is -2.41. The molecule has 4 heteroatoms. The second-order valence-corrected chi connectivity index (χ2v) is 4.88. The minimum atomic E-state index is -0.299. The first-order valence-corrected chi connectivity index (χ1v) is 6.79. The highest BCUT2D eigenvalue weighted by Gasteiger charge is 2.36. The van der Waals surface area contributed by atoms with Crippen LogP contribution >= 0.6 is 0 Å². The van der Waals surface area contributed by atoms with E-state index in [1.54, 1.807) is 5.06 Å². The number of rotatable bonds is 3. The smallest absolute Gasteiger partial charge is 0.322 e. The topological polar surface area (TPSA) is 38.8 Å². The Labute approximate surface area is 114 Å². The van der Waals surface area contributed by atoms with E-state index in [-0.39, 0.29) is 24.3 Å². The number of nitrogens with zero attached hydrogens (tertiary/aromatic N) is 1. The van der Waals surface area contributed by atoms with E-state index in [1.165, 1.54) is 12.5 Å². The molecule has 3 atom stereocenters. The highest BCUT2D eigenvalue weighted by Crippen LogP contribution is 2.33. The van der Waals surface area contributed by atoms with Crippen LogP contribution in [0.2, 0.25) is 0 Å². The molecular weight excluding hydrogens is 242 g/mol. The molecule has 2 rings (SSSR count). The Morgan fingerprint density at radius 2 is 2.11 bits per heavy atom. The van der Waals surface area contributed by atoms with Crippen molar-refractivity contribution in [3.63, 3.8) is 0 Å². The summed E-state index contributed by atoms with van der Waals surface area (Å²) in [5.74, 6) is -0.299. The predicted octanol–water partition coefficient (Wildman–Crippen LogP) is 3.05. The zero-order valence-electron chi connectivity index (χ0n) is 11.7. The summed E-state index contributed by atoms with van der Waals surface area (Å²) in [7, 11) is 0. The van der Waals surface area contributed by atoms with Crippen LogP contribution in [0.15, 0.2) is 30.3 Å². The number of benzene rings is 1. The lowest BCUT2D eigenvalue weighted by Crippen LogP contribution is -2.49. The van der Waals surface area contributed by atoms with Gasteiger partial charge in [0.1, 0.15) is 6.23 Å². The first kappa shape index (κ1) is 14.0. The first-order valence-electron chi connectivity index (χ1n) is 6.79. The molecule has 4 nitrogen and oxygen atoms in total. The summed E-state index contributed by atoms with van der Waals surface area (Å²) in [5, 5.41) is 1.68. The molecule has 1 aromatic carbocycles. The maximum atomic E-state index is 11.2. The van der Waals surface area contributed by atoms with E-state index in [9.17, 15) is 4.79 Å². The standard InChI is InChI=1S/C15H21NO3/c1-4-14-10-15(13-8-6-5-7-9-13)18-11(2)16(14)19-12(3)17/h5-9,11,14-15H,4,10H2,1-3H3/t11-,14-,15-/m0/s1. The molecule has 1 saturated heterocycles. The quantitative estimate of drug-likeness (QED) is 0.840. The molecule has 0 bridgehead atoms. The molecule has 0 amide bonds. The monoisotopic (exact) mass is 263 g/mol.